The molecule has 1 heterocycles. The molecular formula is C11H8BrF2NO2. The predicted octanol–water partition coefficient (Wildman–Crippen LogP) is 2.75. The Labute approximate surface area is 105 Å². The minimum Gasteiger partial charge on any atom is -0.387 e. The summed E-state index contributed by atoms with van der Waals surface area (Å²) in [6, 6.07) is 3.56. The van der Waals surface area contributed by atoms with E-state index in [1.807, 2.05) is 0 Å². The van der Waals surface area contributed by atoms with E-state index >= 15 is 0 Å². The summed E-state index contributed by atoms with van der Waals surface area (Å²) in [6.45, 7) is 0. The van der Waals surface area contributed by atoms with E-state index < -0.39 is 17.7 Å². The minimum atomic E-state index is -0.866. The number of hydrogen-bond donors (Lipinski definition) is 0. The number of carbonyl (C=O) groups is 1. The fourth-order valence-corrected chi connectivity index (χ4v) is 1.92. The molecule has 1 atom stereocenters. The fourth-order valence-electron chi connectivity index (χ4n) is 1.59. The Bertz CT molecular complexity index is 470. The first kappa shape index (κ1) is 12.2. The molecule has 0 amide bonds. The Morgan fingerprint density at radius 1 is 1.47 bits per heavy atom. The number of Topliss-reactive ketones (excluding diaryl/α,β-unsaturated/α-hetero) is 1. The number of oxime groups is 1. The number of nitrogens with zero attached hydrogens (tertiary/aromatic N) is 1. The zero-order valence-corrected chi connectivity index (χ0v) is 10.2. The third-order valence-corrected chi connectivity index (χ3v) is 2.94. The quantitative estimate of drug-likeness (QED) is 0.805. The number of benzene rings is 1. The van der Waals surface area contributed by atoms with Crippen LogP contribution in [0.15, 0.2) is 23.4 Å². The first-order chi connectivity index (χ1) is 8.13. The Morgan fingerprint density at radius 3 is 2.71 bits per heavy atom. The predicted molar refractivity (Wildman–Crippen MR) is 61.0 cm³/mol. The van der Waals surface area contributed by atoms with Crippen molar-refractivity contribution < 1.29 is 18.4 Å². The van der Waals surface area contributed by atoms with Gasteiger partial charge in [-0.05, 0) is 12.1 Å². The number of halogens is 3. The molecule has 0 saturated carbocycles. The van der Waals surface area contributed by atoms with Crippen LogP contribution in [0.2, 0.25) is 0 Å². The summed E-state index contributed by atoms with van der Waals surface area (Å²) in [6.07, 6.45) is -0.781. The van der Waals surface area contributed by atoms with Crippen molar-refractivity contribution in [1.29, 1.82) is 0 Å². The summed E-state index contributed by atoms with van der Waals surface area (Å²) in [7, 11) is 0. The topological polar surface area (TPSA) is 38.7 Å². The molecule has 0 aliphatic carbocycles. The van der Waals surface area contributed by atoms with Crippen molar-refractivity contribution >= 4 is 27.4 Å². The normalized spacial score (nSPS) is 18.8. The van der Waals surface area contributed by atoms with Crippen LogP contribution in [0.5, 0.6) is 0 Å². The highest BCUT2D eigenvalue weighted by molar-refractivity contribution is 9.09. The molecule has 0 unspecified atom stereocenters. The van der Waals surface area contributed by atoms with Crippen LogP contribution in [-0.4, -0.2) is 16.8 Å². The lowest BCUT2D eigenvalue weighted by Gasteiger charge is -2.10. The third kappa shape index (κ3) is 2.36. The van der Waals surface area contributed by atoms with Crippen LogP contribution in [0.3, 0.4) is 0 Å². The van der Waals surface area contributed by atoms with Gasteiger partial charge >= 0.3 is 0 Å². The molecule has 3 nitrogen and oxygen atoms in total. The zero-order chi connectivity index (χ0) is 12.4. The monoisotopic (exact) mass is 303 g/mol. The SMILES string of the molecule is O=C(CBr)C1=NO[C@@H](c2c(F)cccc2F)C1. The smallest absolute Gasteiger partial charge is 0.191 e. The van der Waals surface area contributed by atoms with Gasteiger partial charge in [-0.25, -0.2) is 8.78 Å². The van der Waals surface area contributed by atoms with Gasteiger partial charge in [0.2, 0.25) is 0 Å². The molecule has 0 spiro atoms. The molecule has 0 bridgehead atoms. The summed E-state index contributed by atoms with van der Waals surface area (Å²) in [5, 5.41) is 3.66. The largest absolute Gasteiger partial charge is 0.387 e. The molecule has 0 fully saturated rings. The third-order valence-electron chi connectivity index (χ3n) is 2.43. The van der Waals surface area contributed by atoms with E-state index in [0.717, 1.165) is 12.1 Å². The lowest BCUT2D eigenvalue weighted by Crippen LogP contribution is -2.14. The molecule has 0 aromatic heterocycles. The molecular weight excluding hydrogens is 296 g/mol. The van der Waals surface area contributed by atoms with Crippen molar-refractivity contribution in [2.45, 2.75) is 12.5 Å². The van der Waals surface area contributed by atoms with Crippen molar-refractivity contribution in [3.8, 4) is 0 Å². The van der Waals surface area contributed by atoms with Gasteiger partial charge in [0, 0.05) is 6.42 Å². The maximum Gasteiger partial charge on any atom is 0.191 e. The van der Waals surface area contributed by atoms with Crippen molar-refractivity contribution in [3.05, 3.63) is 35.4 Å². The lowest BCUT2D eigenvalue weighted by atomic mass is 10.0. The molecule has 17 heavy (non-hydrogen) atoms. The van der Waals surface area contributed by atoms with Gasteiger partial charge < -0.3 is 4.84 Å². The number of rotatable bonds is 3. The van der Waals surface area contributed by atoms with Crippen LogP contribution >= 0.6 is 15.9 Å². The van der Waals surface area contributed by atoms with Gasteiger partial charge in [-0.15, -0.1) is 0 Å². The Kier molecular flexibility index (Phi) is 3.51. The van der Waals surface area contributed by atoms with E-state index in [9.17, 15) is 13.6 Å². The maximum atomic E-state index is 13.4. The highest BCUT2D eigenvalue weighted by Gasteiger charge is 2.30. The van der Waals surface area contributed by atoms with Gasteiger partial charge in [-0.1, -0.05) is 27.2 Å². The van der Waals surface area contributed by atoms with E-state index in [1.165, 1.54) is 6.07 Å². The molecule has 0 N–H and O–H groups in total. The summed E-state index contributed by atoms with van der Waals surface area (Å²) >= 11 is 3.00. The van der Waals surface area contributed by atoms with Crippen molar-refractivity contribution in [3.63, 3.8) is 0 Å². The molecule has 2 rings (SSSR count). The van der Waals surface area contributed by atoms with E-state index in [0.29, 0.717) is 0 Å². The van der Waals surface area contributed by atoms with Gasteiger partial charge in [0.15, 0.2) is 11.9 Å². The van der Waals surface area contributed by atoms with Crippen LogP contribution in [-0.2, 0) is 9.63 Å². The summed E-state index contributed by atoms with van der Waals surface area (Å²) in [5.74, 6) is -1.64. The van der Waals surface area contributed by atoms with E-state index in [-0.39, 0.29) is 28.8 Å². The van der Waals surface area contributed by atoms with Crippen LogP contribution in [0.1, 0.15) is 18.1 Å². The number of alkyl halides is 1. The average Bonchev–Trinajstić information content (AvgIpc) is 2.77. The Balaban J connectivity index is 2.21. The van der Waals surface area contributed by atoms with Crippen molar-refractivity contribution in [1.82, 2.24) is 0 Å². The maximum absolute atomic E-state index is 13.4. The van der Waals surface area contributed by atoms with Gasteiger partial charge in [0.05, 0.1) is 10.9 Å². The first-order valence-electron chi connectivity index (χ1n) is 4.89. The highest BCUT2D eigenvalue weighted by Crippen LogP contribution is 2.31. The molecule has 0 saturated heterocycles. The van der Waals surface area contributed by atoms with Gasteiger partial charge in [-0.3, -0.25) is 4.79 Å². The molecule has 1 aliphatic heterocycles. The van der Waals surface area contributed by atoms with Crippen LogP contribution < -0.4 is 0 Å². The first-order valence-corrected chi connectivity index (χ1v) is 6.01. The molecule has 0 radical (unpaired) electrons. The van der Waals surface area contributed by atoms with Gasteiger partial charge in [0.1, 0.15) is 17.3 Å². The number of ketones is 1. The summed E-state index contributed by atoms with van der Waals surface area (Å²) in [4.78, 5) is 16.2. The zero-order valence-electron chi connectivity index (χ0n) is 8.62. The second kappa shape index (κ2) is 4.91. The van der Waals surface area contributed by atoms with E-state index in [1.54, 1.807) is 0 Å². The summed E-state index contributed by atoms with van der Waals surface area (Å²) in [5.41, 5.74) is 0.00292. The number of hydrogen-bond acceptors (Lipinski definition) is 3. The second-order valence-corrected chi connectivity index (χ2v) is 4.09. The molecule has 1 aromatic rings. The lowest BCUT2D eigenvalue weighted by molar-refractivity contribution is -0.110. The average molecular weight is 304 g/mol. The fraction of sp³-hybridized carbons (Fsp3) is 0.273. The molecule has 90 valence electrons. The van der Waals surface area contributed by atoms with E-state index in [4.69, 9.17) is 4.84 Å². The minimum absolute atomic E-state index is 0.0856. The number of carbonyl (C=O) groups excluding carboxylic acids is 1. The van der Waals surface area contributed by atoms with Gasteiger partial charge in [-0.2, -0.15) is 0 Å². The van der Waals surface area contributed by atoms with Crippen molar-refractivity contribution in [2.24, 2.45) is 5.16 Å². The molecule has 1 aliphatic rings. The van der Waals surface area contributed by atoms with Crippen LogP contribution in [0.4, 0.5) is 8.78 Å². The van der Waals surface area contributed by atoms with Gasteiger partial charge in [0.25, 0.3) is 0 Å². The summed E-state index contributed by atoms with van der Waals surface area (Å²) < 4.78 is 26.9. The van der Waals surface area contributed by atoms with E-state index in [2.05, 4.69) is 21.1 Å². The second-order valence-electron chi connectivity index (χ2n) is 3.53. The standard InChI is InChI=1S/C11H8BrF2NO2/c12-5-9(16)8-4-10(17-15-8)11-6(13)2-1-3-7(11)14/h1-3,10H,4-5H2/t10-/m1/s1. The molecule has 1 aromatic carbocycles. The Hall–Kier alpha value is -1.30. The van der Waals surface area contributed by atoms with Crippen LogP contribution in [0, 0.1) is 11.6 Å². The highest BCUT2D eigenvalue weighted by atomic mass is 79.9. The van der Waals surface area contributed by atoms with Crippen molar-refractivity contribution in [2.75, 3.05) is 5.33 Å². The Morgan fingerprint density at radius 2 is 2.12 bits per heavy atom. The molecule has 6 heteroatoms. The van der Waals surface area contributed by atoms with Crippen LogP contribution in [0.25, 0.3) is 0 Å².